The number of nitrogens with zero attached hydrogens (tertiary/aromatic N) is 3. The van der Waals surface area contributed by atoms with Crippen molar-refractivity contribution in [2.75, 3.05) is 27.4 Å². The quantitative estimate of drug-likeness (QED) is 0.218. The smallest absolute Gasteiger partial charge is 0.267 e. The third-order valence-electron chi connectivity index (χ3n) is 6.99. The highest BCUT2D eigenvalue weighted by Crippen LogP contribution is 2.30. The van der Waals surface area contributed by atoms with Crippen LogP contribution >= 0.6 is 0 Å². The van der Waals surface area contributed by atoms with E-state index in [1.165, 1.54) is 5.39 Å². The molecule has 0 fully saturated rings. The van der Waals surface area contributed by atoms with E-state index >= 15 is 0 Å². The Hall–Kier alpha value is -4.36. The van der Waals surface area contributed by atoms with Gasteiger partial charge in [0.2, 0.25) is 0 Å². The summed E-state index contributed by atoms with van der Waals surface area (Å²) >= 11 is 0. The number of amides is 1. The molecule has 5 rings (SSSR count). The van der Waals surface area contributed by atoms with Gasteiger partial charge in [-0.05, 0) is 46.9 Å². The number of carbonyl (C=O) groups excluding carboxylic acids is 1. The Balaban J connectivity index is 1.44. The van der Waals surface area contributed by atoms with Gasteiger partial charge in [-0.1, -0.05) is 60.7 Å². The molecule has 0 radical (unpaired) electrons. The second-order valence-electron chi connectivity index (χ2n) is 9.51. The molecule has 0 unspecified atom stereocenters. The molecule has 7 nitrogen and oxygen atoms in total. The summed E-state index contributed by atoms with van der Waals surface area (Å²) in [5.74, 6) is 0.786. The number of aryl methyl sites for hydroxylation is 2. The lowest BCUT2D eigenvalue weighted by atomic mass is 10.0. The third kappa shape index (κ3) is 6.04. The van der Waals surface area contributed by atoms with Crippen molar-refractivity contribution in [2.24, 2.45) is 0 Å². The van der Waals surface area contributed by atoms with Gasteiger partial charge in [-0.15, -0.1) is 0 Å². The summed E-state index contributed by atoms with van der Waals surface area (Å²) in [5, 5.41) is 5.38. The van der Waals surface area contributed by atoms with Crippen LogP contribution in [-0.2, 0) is 24.2 Å². The maximum absolute atomic E-state index is 13.3. The number of rotatable bonds is 12. The minimum atomic E-state index is -0.0994. The molecule has 1 amide bonds. The number of nitrogens with one attached hydrogen (secondary N) is 1. The fourth-order valence-corrected chi connectivity index (χ4v) is 4.97. The highest BCUT2D eigenvalue weighted by molar-refractivity contribution is 5.99. The van der Waals surface area contributed by atoms with E-state index in [9.17, 15) is 4.79 Å². The predicted molar refractivity (Wildman–Crippen MR) is 154 cm³/mol. The predicted octanol–water partition coefficient (Wildman–Crippen LogP) is 5.57. The number of fused-ring (bicyclic) bond motifs is 1. The van der Waals surface area contributed by atoms with E-state index in [4.69, 9.17) is 9.47 Å². The second-order valence-corrected chi connectivity index (χ2v) is 9.51. The van der Waals surface area contributed by atoms with Crippen LogP contribution in [0.15, 0.2) is 91.5 Å². The zero-order valence-corrected chi connectivity index (χ0v) is 22.5. The molecule has 0 aliphatic carbocycles. The monoisotopic (exact) mass is 522 g/mol. The van der Waals surface area contributed by atoms with Crippen molar-refractivity contribution in [2.45, 2.75) is 25.9 Å². The van der Waals surface area contributed by atoms with Crippen LogP contribution in [0.5, 0.6) is 5.75 Å². The molecule has 7 heteroatoms. The zero-order valence-electron chi connectivity index (χ0n) is 22.5. The zero-order chi connectivity index (χ0) is 27.0. The Kier molecular flexibility index (Phi) is 8.39. The van der Waals surface area contributed by atoms with E-state index in [0.29, 0.717) is 25.4 Å². The normalized spacial score (nSPS) is 11.1. The molecule has 2 aromatic heterocycles. The number of hydrogen-bond donors (Lipinski definition) is 1. The van der Waals surface area contributed by atoms with Crippen LogP contribution < -0.4 is 10.1 Å². The van der Waals surface area contributed by atoms with Crippen molar-refractivity contribution in [3.05, 3.63) is 108 Å². The molecule has 5 aromatic rings. The maximum atomic E-state index is 13.3. The maximum Gasteiger partial charge on any atom is 0.267 e. The lowest BCUT2D eigenvalue weighted by Gasteiger charge is -2.13. The van der Waals surface area contributed by atoms with Crippen LogP contribution in [0.4, 0.5) is 0 Å². The molecular weight excluding hydrogens is 488 g/mol. The Morgan fingerprint density at radius 2 is 1.79 bits per heavy atom. The molecule has 0 saturated carbocycles. The van der Waals surface area contributed by atoms with Gasteiger partial charge in [0.05, 0.1) is 25.7 Å². The Bertz CT molecular complexity index is 1550. The number of aromatic nitrogens is 3. The van der Waals surface area contributed by atoms with Crippen LogP contribution in [0.1, 0.15) is 28.2 Å². The number of para-hydroxylation sites is 1. The van der Waals surface area contributed by atoms with Crippen molar-refractivity contribution in [3.8, 4) is 16.9 Å². The standard InChI is InChI=1S/C32H34N4O3/c1-38-18-8-16-34-32(37)30-19-26(29-13-7-11-24-9-3-5-12-28(24)29)21-36(30)22-27-20-33-23-35(27)17-15-25-10-4-6-14-31(25)39-2/h3-7,9-14,19-21,23H,8,15-18,22H2,1-2H3,(H,34,37). The fraction of sp³-hybridized carbons (Fsp3) is 0.250. The van der Waals surface area contributed by atoms with E-state index in [2.05, 4.69) is 57.5 Å². The van der Waals surface area contributed by atoms with E-state index < -0.39 is 0 Å². The summed E-state index contributed by atoms with van der Waals surface area (Å²) in [6.45, 7) is 2.44. The van der Waals surface area contributed by atoms with Crippen LogP contribution in [0.3, 0.4) is 0 Å². The summed E-state index contributed by atoms with van der Waals surface area (Å²) in [7, 11) is 3.36. The Morgan fingerprint density at radius 3 is 2.67 bits per heavy atom. The molecule has 0 atom stereocenters. The fourth-order valence-electron chi connectivity index (χ4n) is 4.97. The highest BCUT2D eigenvalue weighted by Gasteiger charge is 2.17. The summed E-state index contributed by atoms with van der Waals surface area (Å²) in [6, 6.07) is 24.7. The second kappa shape index (κ2) is 12.5. The van der Waals surface area contributed by atoms with Crippen molar-refractivity contribution in [3.63, 3.8) is 0 Å². The molecule has 0 bridgehead atoms. The minimum Gasteiger partial charge on any atom is -0.496 e. The highest BCUT2D eigenvalue weighted by atomic mass is 16.5. The van der Waals surface area contributed by atoms with Gasteiger partial charge in [0.1, 0.15) is 11.4 Å². The first kappa shape index (κ1) is 26.3. The number of hydrogen-bond acceptors (Lipinski definition) is 4. The summed E-state index contributed by atoms with van der Waals surface area (Å²) < 4.78 is 14.8. The van der Waals surface area contributed by atoms with Gasteiger partial charge in [-0.25, -0.2) is 4.98 Å². The lowest BCUT2D eigenvalue weighted by Crippen LogP contribution is -2.27. The Labute approximate surface area is 229 Å². The van der Waals surface area contributed by atoms with Crippen molar-refractivity contribution in [1.82, 2.24) is 19.4 Å². The van der Waals surface area contributed by atoms with E-state index in [-0.39, 0.29) is 5.91 Å². The van der Waals surface area contributed by atoms with Gasteiger partial charge in [0, 0.05) is 44.8 Å². The lowest BCUT2D eigenvalue weighted by molar-refractivity contribution is 0.0939. The number of ether oxygens (including phenoxy) is 2. The molecule has 200 valence electrons. The van der Waals surface area contributed by atoms with Gasteiger partial charge < -0.3 is 23.9 Å². The minimum absolute atomic E-state index is 0.0994. The summed E-state index contributed by atoms with van der Waals surface area (Å²) in [5.41, 5.74) is 4.90. The molecular formula is C32H34N4O3. The van der Waals surface area contributed by atoms with Crippen molar-refractivity contribution in [1.29, 1.82) is 0 Å². The average Bonchev–Trinajstić information content (AvgIpc) is 3.61. The largest absolute Gasteiger partial charge is 0.496 e. The molecule has 1 N–H and O–H groups in total. The number of carbonyl (C=O) groups is 1. The van der Waals surface area contributed by atoms with E-state index in [1.54, 1.807) is 14.2 Å². The molecule has 0 aliphatic heterocycles. The molecule has 0 spiro atoms. The SMILES string of the molecule is COCCCNC(=O)c1cc(-c2cccc3ccccc23)cn1Cc1cncn1CCc1ccccc1OC. The number of imidazole rings is 1. The molecule has 3 aromatic carbocycles. The number of benzene rings is 3. The van der Waals surface area contributed by atoms with Crippen LogP contribution in [0.2, 0.25) is 0 Å². The van der Waals surface area contributed by atoms with Crippen molar-refractivity contribution < 1.29 is 14.3 Å². The molecule has 0 aliphatic rings. The first-order valence-electron chi connectivity index (χ1n) is 13.2. The van der Waals surface area contributed by atoms with Gasteiger partial charge in [0.25, 0.3) is 5.91 Å². The van der Waals surface area contributed by atoms with Crippen LogP contribution in [0.25, 0.3) is 21.9 Å². The van der Waals surface area contributed by atoms with E-state index in [0.717, 1.165) is 52.9 Å². The Morgan fingerprint density at radius 1 is 0.974 bits per heavy atom. The average molecular weight is 523 g/mol. The first-order chi connectivity index (χ1) is 19.2. The van der Waals surface area contributed by atoms with Gasteiger partial charge in [0.15, 0.2) is 0 Å². The summed E-state index contributed by atoms with van der Waals surface area (Å²) in [6.07, 6.45) is 7.37. The van der Waals surface area contributed by atoms with Crippen molar-refractivity contribution >= 4 is 16.7 Å². The first-order valence-corrected chi connectivity index (χ1v) is 13.2. The third-order valence-corrected chi connectivity index (χ3v) is 6.99. The summed E-state index contributed by atoms with van der Waals surface area (Å²) in [4.78, 5) is 17.8. The van der Waals surface area contributed by atoms with E-state index in [1.807, 2.05) is 53.5 Å². The van der Waals surface area contributed by atoms with Gasteiger partial charge in [-0.2, -0.15) is 0 Å². The molecule has 2 heterocycles. The molecule has 0 saturated heterocycles. The topological polar surface area (TPSA) is 70.3 Å². The van der Waals surface area contributed by atoms with Crippen LogP contribution in [-0.4, -0.2) is 47.4 Å². The van der Waals surface area contributed by atoms with Gasteiger partial charge in [-0.3, -0.25) is 4.79 Å². The van der Waals surface area contributed by atoms with Crippen LogP contribution in [0, 0.1) is 0 Å². The molecule has 39 heavy (non-hydrogen) atoms. The number of methoxy groups -OCH3 is 2. The van der Waals surface area contributed by atoms with Gasteiger partial charge >= 0.3 is 0 Å².